The molecule has 5 amide bonds. The Bertz CT molecular complexity index is 1340. The molecule has 7 atom stereocenters. The molecule has 4 N–H and O–H groups in total. The van der Waals surface area contributed by atoms with Crippen molar-refractivity contribution in [3.8, 4) is 0 Å². The van der Waals surface area contributed by atoms with Crippen LogP contribution in [0.2, 0.25) is 0 Å². The van der Waals surface area contributed by atoms with Gasteiger partial charge in [0.25, 0.3) is 11.8 Å². The standard InChI is InChI=1S/C34H51N7O6/c1-9-12-23(27(42)32(46)37-20(5)10-2)38-31(45)26-22-14-11-13-21(22)18-41(26)33(47)28(34(6,7)8)40-30(44)25(19(3)4)39-29(43)24-17-35-15-16-36-24/h11,13,15-17,19-23,25-26,28H,9-10,12,14,18H2,1-8H3,(H,37,46)(H,38,45)(H,39,43)(H,40,44)/t20-,21-,22-,23?,25-,26-,28+/m0/s1. The van der Waals surface area contributed by atoms with Gasteiger partial charge < -0.3 is 26.2 Å². The Morgan fingerprint density at radius 1 is 0.979 bits per heavy atom. The smallest absolute Gasteiger partial charge is 0.289 e. The van der Waals surface area contributed by atoms with E-state index in [-0.39, 0.29) is 42.5 Å². The van der Waals surface area contributed by atoms with Gasteiger partial charge in [-0.2, -0.15) is 0 Å². The van der Waals surface area contributed by atoms with Gasteiger partial charge in [-0.25, -0.2) is 4.98 Å². The zero-order valence-electron chi connectivity index (χ0n) is 28.8. The molecular weight excluding hydrogens is 602 g/mol. The number of fused-ring (bicyclic) bond motifs is 1. The van der Waals surface area contributed by atoms with E-state index in [0.717, 1.165) is 0 Å². The highest BCUT2D eigenvalue weighted by Gasteiger charge is 2.51. The maximum Gasteiger partial charge on any atom is 0.289 e. The minimum Gasteiger partial charge on any atom is -0.347 e. The van der Waals surface area contributed by atoms with Crippen LogP contribution in [-0.2, 0) is 24.0 Å². The van der Waals surface area contributed by atoms with Crippen molar-refractivity contribution in [2.45, 2.75) is 111 Å². The van der Waals surface area contributed by atoms with Crippen molar-refractivity contribution in [1.82, 2.24) is 36.1 Å². The second kappa shape index (κ2) is 16.1. The van der Waals surface area contributed by atoms with Crippen molar-refractivity contribution in [2.24, 2.45) is 23.2 Å². The highest BCUT2D eigenvalue weighted by Crippen LogP contribution is 2.39. The first-order valence-electron chi connectivity index (χ1n) is 16.6. The summed E-state index contributed by atoms with van der Waals surface area (Å²) in [6, 6.07) is -4.17. The average Bonchev–Trinajstić information content (AvgIpc) is 3.62. The number of carbonyl (C=O) groups excluding carboxylic acids is 6. The van der Waals surface area contributed by atoms with Gasteiger partial charge in [0.2, 0.25) is 23.5 Å². The van der Waals surface area contributed by atoms with E-state index in [1.54, 1.807) is 20.8 Å². The molecule has 0 spiro atoms. The summed E-state index contributed by atoms with van der Waals surface area (Å²) in [6.07, 6.45) is 10.1. The summed E-state index contributed by atoms with van der Waals surface area (Å²) in [4.78, 5) is 90.1. The fourth-order valence-electron chi connectivity index (χ4n) is 6.00. The Hall–Kier alpha value is -4.16. The number of rotatable bonds is 14. The summed E-state index contributed by atoms with van der Waals surface area (Å²) in [7, 11) is 0. The van der Waals surface area contributed by atoms with E-state index in [4.69, 9.17) is 0 Å². The molecule has 47 heavy (non-hydrogen) atoms. The molecular formula is C34H51N7O6. The molecule has 258 valence electrons. The topological polar surface area (TPSA) is 180 Å². The van der Waals surface area contributed by atoms with Gasteiger partial charge in [-0.3, -0.25) is 33.8 Å². The Morgan fingerprint density at radius 3 is 2.26 bits per heavy atom. The van der Waals surface area contributed by atoms with Gasteiger partial charge in [0, 0.05) is 30.9 Å². The largest absolute Gasteiger partial charge is 0.347 e. The first-order chi connectivity index (χ1) is 22.1. The van der Waals surface area contributed by atoms with E-state index in [1.807, 2.05) is 46.8 Å². The number of Topliss-reactive ketones (excluding diaryl/α,β-unsaturated/α-hetero) is 1. The summed E-state index contributed by atoms with van der Waals surface area (Å²) in [5, 5.41) is 11.1. The van der Waals surface area contributed by atoms with Gasteiger partial charge in [-0.1, -0.05) is 67.0 Å². The Balaban J connectivity index is 1.85. The van der Waals surface area contributed by atoms with E-state index < -0.39 is 64.9 Å². The van der Waals surface area contributed by atoms with Crippen LogP contribution in [0.5, 0.6) is 0 Å². The number of ketones is 1. The predicted molar refractivity (Wildman–Crippen MR) is 175 cm³/mol. The lowest BCUT2D eigenvalue weighted by molar-refractivity contribution is -0.146. The quantitative estimate of drug-likeness (QED) is 0.174. The molecule has 2 aliphatic rings. The SMILES string of the molecule is CCCC(NC(=O)[C@@H]1[C@H]2CC=C[C@H]2CN1C(=O)[C@@H](NC(=O)[C@@H](NC(=O)c1cnccn1)C(C)C)C(C)(C)C)C(=O)C(=O)N[C@@H](C)CC. The summed E-state index contributed by atoms with van der Waals surface area (Å²) < 4.78 is 0. The molecule has 1 aliphatic heterocycles. The molecule has 0 aromatic carbocycles. The lowest BCUT2D eigenvalue weighted by Crippen LogP contribution is -2.62. The molecule has 0 radical (unpaired) electrons. The molecule has 3 rings (SSSR count). The van der Waals surface area contributed by atoms with Crippen molar-refractivity contribution >= 4 is 35.3 Å². The number of amides is 5. The van der Waals surface area contributed by atoms with Crippen LogP contribution in [0.25, 0.3) is 0 Å². The van der Waals surface area contributed by atoms with E-state index in [0.29, 0.717) is 19.3 Å². The molecule has 1 aliphatic carbocycles. The molecule has 0 bridgehead atoms. The number of aromatic nitrogens is 2. The van der Waals surface area contributed by atoms with Crippen LogP contribution in [0, 0.1) is 23.2 Å². The Labute approximate surface area is 277 Å². The van der Waals surface area contributed by atoms with Gasteiger partial charge in [0.1, 0.15) is 23.8 Å². The van der Waals surface area contributed by atoms with E-state index in [1.165, 1.54) is 23.5 Å². The van der Waals surface area contributed by atoms with Gasteiger partial charge >= 0.3 is 0 Å². The maximum absolute atomic E-state index is 14.4. The highest BCUT2D eigenvalue weighted by molar-refractivity contribution is 6.38. The van der Waals surface area contributed by atoms with Crippen molar-refractivity contribution in [3.05, 3.63) is 36.4 Å². The van der Waals surface area contributed by atoms with Gasteiger partial charge in [0.15, 0.2) is 0 Å². The van der Waals surface area contributed by atoms with Crippen molar-refractivity contribution in [2.75, 3.05) is 6.54 Å². The maximum atomic E-state index is 14.4. The first-order valence-corrected chi connectivity index (χ1v) is 16.6. The fourth-order valence-corrected chi connectivity index (χ4v) is 6.00. The zero-order valence-corrected chi connectivity index (χ0v) is 28.8. The molecule has 1 aromatic heterocycles. The van der Waals surface area contributed by atoms with E-state index in [2.05, 4.69) is 31.2 Å². The molecule has 1 saturated heterocycles. The van der Waals surface area contributed by atoms with Crippen molar-refractivity contribution in [1.29, 1.82) is 0 Å². The summed E-state index contributed by atoms with van der Waals surface area (Å²) in [5.74, 6) is -4.16. The Kier molecular flexibility index (Phi) is 12.8. The number of allylic oxidation sites excluding steroid dienone is 1. The molecule has 13 nitrogen and oxygen atoms in total. The van der Waals surface area contributed by atoms with Crippen LogP contribution in [0.1, 0.15) is 91.6 Å². The number of nitrogens with one attached hydrogen (secondary N) is 4. The fraction of sp³-hybridized carbons (Fsp3) is 0.647. The molecule has 1 aromatic rings. The van der Waals surface area contributed by atoms with Crippen LogP contribution in [0.4, 0.5) is 0 Å². The van der Waals surface area contributed by atoms with Crippen LogP contribution in [-0.4, -0.2) is 86.9 Å². The summed E-state index contributed by atoms with van der Waals surface area (Å²) in [6.45, 7) is 14.8. The predicted octanol–water partition coefficient (Wildman–Crippen LogP) is 1.93. The van der Waals surface area contributed by atoms with E-state index >= 15 is 0 Å². The van der Waals surface area contributed by atoms with E-state index in [9.17, 15) is 28.8 Å². The lowest BCUT2D eigenvalue weighted by atomic mass is 9.84. The zero-order chi connectivity index (χ0) is 35.1. The molecule has 0 saturated carbocycles. The van der Waals surface area contributed by atoms with Crippen molar-refractivity contribution < 1.29 is 28.8 Å². The molecule has 2 heterocycles. The minimum atomic E-state index is -1.04. The highest BCUT2D eigenvalue weighted by atomic mass is 16.2. The minimum absolute atomic E-state index is 0.0529. The number of carbonyl (C=O) groups is 6. The van der Waals surface area contributed by atoms with Gasteiger partial charge in [-0.05, 0) is 43.4 Å². The van der Waals surface area contributed by atoms with Crippen LogP contribution in [0.3, 0.4) is 0 Å². The number of hydrogen-bond donors (Lipinski definition) is 4. The number of nitrogens with zero attached hydrogens (tertiary/aromatic N) is 3. The molecule has 1 unspecified atom stereocenters. The average molecular weight is 654 g/mol. The van der Waals surface area contributed by atoms with Crippen LogP contribution in [0.15, 0.2) is 30.7 Å². The third-order valence-corrected chi connectivity index (χ3v) is 8.90. The normalized spacial score (nSPS) is 21.3. The first kappa shape index (κ1) is 37.3. The number of likely N-dealkylation sites (tertiary alicyclic amines) is 1. The monoisotopic (exact) mass is 653 g/mol. The third-order valence-electron chi connectivity index (χ3n) is 8.90. The number of hydrogen-bond acceptors (Lipinski definition) is 8. The third kappa shape index (κ3) is 9.23. The van der Waals surface area contributed by atoms with Crippen LogP contribution >= 0.6 is 0 Å². The second-order valence-corrected chi connectivity index (χ2v) is 14.0. The van der Waals surface area contributed by atoms with Gasteiger partial charge in [0.05, 0.1) is 12.2 Å². The molecule has 1 fully saturated rings. The van der Waals surface area contributed by atoms with Crippen molar-refractivity contribution in [3.63, 3.8) is 0 Å². The lowest BCUT2D eigenvalue weighted by Gasteiger charge is -2.37. The summed E-state index contributed by atoms with van der Waals surface area (Å²) >= 11 is 0. The van der Waals surface area contributed by atoms with Gasteiger partial charge in [-0.15, -0.1) is 0 Å². The Morgan fingerprint density at radius 2 is 1.68 bits per heavy atom. The summed E-state index contributed by atoms with van der Waals surface area (Å²) in [5.41, 5.74) is -0.718. The second-order valence-electron chi connectivity index (χ2n) is 14.0. The molecule has 13 heteroatoms. The van der Waals surface area contributed by atoms with Crippen LogP contribution < -0.4 is 21.3 Å².